The first-order valence-corrected chi connectivity index (χ1v) is 6.73. The van der Waals surface area contributed by atoms with Crippen LogP contribution in [0.1, 0.15) is 31.8 Å². The van der Waals surface area contributed by atoms with Crippen molar-refractivity contribution in [2.45, 2.75) is 0 Å². The number of nitrogens with zero attached hydrogens (tertiary/aromatic N) is 3. The van der Waals surface area contributed by atoms with Gasteiger partial charge in [0.05, 0.1) is 16.8 Å². The Kier molecular flexibility index (Phi) is 2.55. The van der Waals surface area contributed by atoms with Crippen LogP contribution in [0.5, 0.6) is 0 Å². The third kappa shape index (κ3) is 1.68. The second kappa shape index (κ2) is 4.47. The number of carbonyl (C=O) groups excluding carboxylic acids is 2. The lowest BCUT2D eigenvalue weighted by atomic mass is 9.81. The maximum absolute atomic E-state index is 12.8. The minimum absolute atomic E-state index is 0.0912. The van der Waals surface area contributed by atoms with Crippen LogP contribution in [0.25, 0.3) is 11.4 Å². The van der Waals surface area contributed by atoms with Gasteiger partial charge in [0.2, 0.25) is 5.82 Å². The van der Waals surface area contributed by atoms with Crippen molar-refractivity contribution >= 4 is 22.9 Å². The Morgan fingerprint density at radius 1 is 0.913 bits per heavy atom. The molecule has 0 atom stereocenters. The summed E-state index contributed by atoms with van der Waals surface area (Å²) >= 11 is 0. The van der Waals surface area contributed by atoms with Gasteiger partial charge in [-0.15, -0.1) is 10.2 Å². The molecule has 8 heteroatoms. The minimum Gasteiger partial charge on any atom is -0.398 e. The molecule has 0 fully saturated rings. The molecule has 0 bridgehead atoms. The molecule has 0 spiro atoms. The number of aromatic amines is 1. The van der Waals surface area contributed by atoms with E-state index >= 15 is 0 Å². The predicted molar refractivity (Wildman–Crippen MR) is 81.7 cm³/mol. The van der Waals surface area contributed by atoms with Gasteiger partial charge in [0, 0.05) is 22.4 Å². The number of rotatable bonds is 1. The fraction of sp³-hybridized carbons (Fsp3) is 0. The number of aromatic nitrogens is 4. The van der Waals surface area contributed by atoms with Crippen LogP contribution in [0.2, 0.25) is 0 Å². The van der Waals surface area contributed by atoms with Gasteiger partial charge >= 0.3 is 0 Å². The quantitative estimate of drug-likeness (QED) is 0.442. The molecule has 2 aromatic carbocycles. The molecule has 5 N–H and O–H groups in total. The molecular weight excluding hydrogens is 296 g/mol. The number of carbonyl (C=O) groups is 2. The summed E-state index contributed by atoms with van der Waals surface area (Å²) in [4.78, 5) is 25.5. The molecular formula is C15H10N6O2. The van der Waals surface area contributed by atoms with E-state index < -0.39 is 0 Å². The van der Waals surface area contributed by atoms with Gasteiger partial charge in [0.1, 0.15) is 0 Å². The highest BCUT2D eigenvalue weighted by molar-refractivity contribution is 6.32. The van der Waals surface area contributed by atoms with Crippen LogP contribution in [0.15, 0.2) is 30.3 Å². The Labute approximate surface area is 129 Å². The van der Waals surface area contributed by atoms with Gasteiger partial charge in [0.25, 0.3) is 0 Å². The molecule has 0 amide bonds. The van der Waals surface area contributed by atoms with Gasteiger partial charge in [-0.25, -0.2) is 0 Å². The average molecular weight is 306 g/mol. The highest BCUT2D eigenvalue weighted by Gasteiger charge is 2.34. The van der Waals surface area contributed by atoms with E-state index in [1.807, 2.05) is 0 Å². The number of nitrogens with one attached hydrogen (secondary N) is 1. The number of H-pyrrole nitrogens is 1. The summed E-state index contributed by atoms with van der Waals surface area (Å²) in [6, 6.07) is 8.06. The molecule has 8 nitrogen and oxygen atoms in total. The van der Waals surface area contributed by atoms with Crippen molar-refractivity contribution in [2.75, 3.05) is 11.5 Å². The Bertz CT molecular complexity index is 978. The lowest BCUT2D eigenvalue weighted by molar-refractivity contribution is 0.0980. The summed E-state index contributed by atoms with van der Waals surface area (Å²) in [6.07, 6.45) is 0. The van der Waals surface area contributed by atoms with Crippen molar-refractivity contribution in [2.24, 2.45) is 0 Å². The molecule has 1 aromatic heterocycles. The van der Waals surface area contributed by atoms with Crippen LogP contribution in [0.4, 0.5) is 11.4 Å². The molecule has 1 aliphatic rings. The summed E-state index contributed by atoms with van der Waals surface area (Å²) in [5.74, 6) is -0.458. The summed E-state index contributed by atoms with van der Waals surface area (Å²) in [6.45, 7) is 0. The molecule has 1 aliphatic carbocycles. The Balaban J connectivity index is 2.06. The summed E-state index contributed by atoms with van der Waals surface area (Å²) < 4.78 is 0. The number of ketones is 2. The van der Waals surface area contributed by atoms with E-state index in [4.69, 9.17) is 11.5 Å². The third-order valence-corrected chi connectivity index (χ3v) is 3.85. The van der Waals surface area contributed by atoms with Crippen LogP contribution < -0.4 is 11.5 Å². The Hall–Kier alpha value is -3.55. The third-order valence-electron chi connectivity index (χ3n) is 3.85. The van der Waals surface area contributed by atoms with E-state index in [-0.39, 0.29) is 39.9 Å². The van der Waals surface area contributed by atoms with Gasteiger partial charge in [-0.1, -0.05) is 24.3 Å². The van der Waals surface area contributed by atoms with E-state index in [9.17, 15) is 9.59 Å². The zero-order valence-electron chi connectivity index (χ0n) is 11.7. The number of nitrogen functional groups attached to an aromatic ring is 2. The highest BCUT2D eigenvalue weighted by Crippen LogP contribution is 2.38. The Morgan fingerprint density at radius 2 is 1.57 bits per heavy atom. The second-order valence-corrected chi connectivity index (χ2v) is 5.12. The summed E-state index contributed by atoms with van der Waals surface area (Å²) in [7, 11) is 0. The fourth-order valence-electron chi connectivity index (χ4n) is 2.81. The molecule has 112 valence electrons. The number of tetrazole rings is 1. The fourth-order valence-corrected chi connectivity index (χ4v) is 2.81. The molecule has 0 unspecified atom stereocenters. The lowest BCUT2D eigenvalue weighted by Crippen LogP contribution is -2.24. The standard InChI is InChI=1S/C15H10N6O2/c16-9-5-8(15-18-20-21-19-15)12(17)11-10(9)13(22)6-3-1-2-4-7(6)14(11)23/h1-5H,16-17H2,(H,18,19,20,21). The number of benzene rings is 2. The van der Waals surface area contributed by atoms with Gasteiger partial charge in [-0.2, -0.15) is 5.21 Å². The predicted octanol–water partition coefficient (Wildman–Crippen LogP) is 0.806. The first-order chi connectivity index (χ1) is 11.1. The molecule has 0 radical (unpaired) electrons. The molecule has 0 saturated heterocycles. The number of hydrogen-bond donors (Lipinski definition) is 3. The maximum Gasteiger partial charge on any atom is 0.206 e. The van der Waals surface area contributed by atoms with E-state index in [0.29, 0.717) is 16.7 Å². The molecule has 0 saturated carbocycles. The van der Waals surface area contributed by atoms with Crippen molar-refractivity contribution in [3.63, 3.8) is 0 Å². The summed E-state index contributed by atoms with van der Waals surface area (Å²) in [5.41, 5.74) is 13.6. The number of fused-ring (bicyclic) bond motifs is 2. The van der Waals surface area contributed by atoms with Crippen LogP contribution in [0.3, 0.4) is 0 Å². The van der Waals surface area contributed by atoms with Crippen LogP contribution in [-0.4, -0.2) is 32.2 Å². The number of nitrogens with two attached hydrogens (primary N) is 2. The highest BCUT2D eigenvalue weighted by atomic mass is 16.1. The zero-order chi connectivity index (χ0) is 16.1. The van der Waals surface area contributed by atoms with E-state index in [1.165, 1.54) is 6.07 Å². The van der Waals surface area contributed by atoms with Crippen LogP contribution in [-0.2, 0) is 0 Å². The number of hydrogen-bond acceptors (Lipinski definition) is 7. The zero-order valence-corrected chi connectivity index (χ0v) is 11.7. The van der Waals surface area contributed by atoms with Crippen molar-refractivity contribution in [3.8, 4) is 11.4 Å². The van der Waals surface area contributed by atoms with Crippen molar-refractivity contribution in [1.82, 2.24) is 20.6 Å². The molecule has 3 aromatic rings. The van der Waals surface area contributed by atoms with Crippen LogP contribution >= 0.6 is 0 Å². The van der Waals surface area contributed by atoms with Gasteiger partial charge in [-0.05, 0) is 11.3 Å². The maximum atomic E-state index is 12.8. The normalized spacial score (nSPS) is 12.9. The van der Waals surface area contributed by atoms with E-state index in [2.05, 4.69) is 20.6 Å². The van der Waals surface area contributed by atoms with Gasteiger partial charge in [-0.3, -0.25) is 9.59 Å². The monoisotopic (exact) mass is 306 g/mol. The minimum atomic E-state index is -0.343. The summed E-state index contributed by atoms with van der Waals surface area (Å²) in [5, 5.41) is 13.5. The molecule has 0 aliphatic heterocycles. The van der Waals surface area contributed by atoms with Gasteiger partial charge < -0.3 is 11.5 Å². The number of anilines is 2. The second-order valence-electron chi connectivity index (χ2n) is 5.12. The first kappa shape index (κ1) is 13.1. The topological polar surface area (TPSA) is 141 Å². The average Bonchev–Trinajstić information content (AvgIpc) is 3.08. The van der Waals surface area contributed by atoms with Gasteiger partial charge in [0.15, 0.2) is 11.6 Å². The van der Waals surface area contributed by atoms with Crippen molar-refractivity contribution in [1.29, 1.82) is 0 Å². The Morgan fingerprint density at radius 3 is 2.17 bits per heavy atom. The molecule has 23 heavy (non-hydrogen) atoms. The molecule has 1 heterocycles. The first-order valence-electron chi connectivity index (χ1n) is 6.73. The molecule has 4 rings (SSSR count). The van der Waals surface area contributed by atoms with Crippen LogP contribution in [0, 0.1) is 0 Å². The smallest absolute Gasteiger partial charge is 0.206 e. The lowest BCUT2D eigenvalue weighted by Gasteiger charge is -2.21. The van der Waals surface area contributed by atoms with E-state index in [0.717, 1.165) is 0 Å². The van der Waals surface area contributed by atoms with E-state index in [1.54, 1.807) is 24.3 Å². The van der Waals surface area contributed by atoms with Crippen molar-refractivity contribution < 1.29 is 9.59 Å². The largest absolute Gasteiger partial charge is 0.398 e. The van der Waals surface area contributed by atoms with Crippen molar-refractivity contribution in [3.05, 3.63) is 52.6 Å². The SMILES string of the molecule is Nc1cc(-c2nn[nH]n2)c(N)c2c1C(=O)c1ccccc1C2=O.